The van der Waals surface area contributed by atoms with Crippen LogP contribution in [-0.2, 0) is 0 Å². The van der Waals surface area contributed by atoms with E-state index in [2.05, 4.69) is 33.6 Å². The lowest BCUT2D eigenvalue weighted by molar-refractivity contribution is 0.217. The van der Waals surface area contributed by atoms with Crippen molar-refractivity contribution in [3.05, 3.63) is 95.3 Å². The zero-order valence-electron chi connectivity index (χ0n) is 17.8. The van der Waals surface area contributed by atoms with E-state index >= 15 is 0 Å². The molecule has 2 atom stereocenters. The molecule has 7 heteroatoms. The van der Waals surface area contributed by atoms with E-state index in [-0.39, 0.29) is 6.17 Å². The maximum atomic E-state index is 13.4. The van der Waals surface area contributed by atoms with Gasteiger partial charge in [-0.05, 0) is 43.7 Å². The number of allylic oxidation sites excluding steroid dienone is 1. The van der Waals surface area contributed by atoms with Gasteiger partial charge in [0.2, 0.25) is 0 Å². The fourth-order valence-corrected chi connectivity index (χ4v) is 4.01. The Balaban J connectivity index is 1.57. The highest BCUT2D eigenvalue weighted by Gasteiger charge is 2.37. The van der Waals surface area contributed by atoms with Crippen LogP contribution in [0, 0.1) is 5.82 Å². The standard InChI is InChI=1S/C24H26FN5O/c1-14-13-27-24(26)22-21(29(4)16(3)30(14)22)17-8-10-20(11-9-17)28-15(2)23(31)18-6-5-7-19(25)12-18/h5-13,16,23,28,31H,2H2,1,3-4H3,(H2,26,27). The molecule has 0 saturated carbocycles. The summed E-state index contributed by atoms with van der Waals surface area (Å²) in [7, 11) is 2.04. The summed E-state index contributed by atoms with van der Waals surface area (Å²) in [4.78, 5) is 8.69. The Kier molecular flexibility index (Phi) is 5.29. The van der Waals surface area contributed by atoms with Gasteiger partial charge in [0, 0.05) is 35.9 Å². The number of aliphatic hydroxyl groups is 1. The van der Waals surface area contributed by atoms with Crippen molar-refractivity contribution in [2.75, 3.05) is 12.4 Å². The van der Waals surface area contributed by atoms with Gasteiger partial charge in [0.05, 0.1) is 5.70 Å². The van der Waals surface area contributed by atoms with E-state index in [0.29, 0.717) is 17.1 Å². The third kappa shape index (κ3) is 3.68. The number of hydrogen-bond acceptors (Lipinski definition) is 6. The van der Waals surface area contributed by atoms with E-state index in [9.17, 15) is 9.50 Å². The predicted octanol–water partition coefficient (Wildman–Crippen LogP) is 3.98. The van der Waals surface area contributed by atoms with E-state index < -0.39 is 11.9 Å². The first-order chi connectivity index (χ1) is 14.8. The summed E-state index contributed by atoms with van der Waals surface area (Å²) < 4.78 is 13.4. The zero-order chi connectivity index (χ0) is 22.3. The Morgan fingerprint density at radius 1 is 1.23 bits per heavy atom. The van der Waals surface area contributed by atoms with Gasteiger partial charge in [-0.25, -0.2) is 9.38 Å². The minimum Gasteiger partial charge on any atom is -0.382 e. The summed E-state index contributed by atoms with van der Waals surface area (Å²) in [5.41, 5.74) is 11.8. The highest BCUT2D eigenvalue weighted by atomic mass is 19.1. The second-order valence-corrected chi connectivity index (χ2v) is 7.78. The van der Waals surface area contributed by atoms with Crippen LogP contribution in [-0.4, -0.2) is 34.0 Å². The van der Waals surface area contributed by atoms with Gasteiger partial charge in [0.25, 0.3) is 0 Å². The molecule has 160 valence electrons. The van der Waals surface area contributed by atoms with Crippen molar-refractivity contribution >= 4 is 17.2 Å². The smallest absolute Gasteiger partial charge is 0.149 e. The number of anilines is 1. The highest BCUT2D eigenvalue weighted by molar-refractivity contribution is 6.05. The van der Waals surface area contributed by atoms with Crippen molar-refractivity contribution in [3.8, 4) is 0 Å². The fraction of sp³-hybridized carbons (Fsp3) is 0.208. The number of aliphatic hydroxyl groups excluding tert-OH is 1. The molecule has 2 aromatic rings. The number of amidine groups is 1. The molecule has 0 saturated heterocycles. The molecule has 2 aliphatic heterocycles. The van der Waals surface area contributed by atoms with E-state index in [1.807, 2.05) is 38.2 Å². The van der Waals surface area contributed by atoms with E-state index in [4.69, 9.17) is 5.73 Å². The first-order valence-electron chi connectivity index (χ1n) is 10.0. The van der Waals surface area contributed by atoms with Crippen LogP contribution < -0.4 is 11.1 Å². The van der Waals surface area contributed by atoms with E-state index in [1.165, 1.54) is 12.1 Å². The fourth-order valence-electron chi connectivity index (χ4n) is 4.01. The van der Waals surface area contributed by atoms with Crippen LogP contribution in [0.15, 0.2) is 83.4 Å². The molecule has 0 radical (unpaired) electrons. The van der Waals surface area contributed by atoms with E-state index in [0.717, 1.165) is 28.3 Å². The van der Waals surface area contributed by atoms with Crippen LogP contribution >= 0.6 is 0 Å². The van der Waals surface area contributed by atoms with Crippen molar-refractivity contribution < 1.29 is 9.50 Å². The van der Waals surface area contributed by atoms with Gasteiger partial charge in [-0.3, -0.25) is 0 Å². The number of aliphatic imine (C=N–C) groups is 1. The first-order valence-corrected chi connectivity index (χ1v) is 10.0. The minimum absolute atomic E-state index is 0.120. The number of halogens is 1. The van der Waals surface area contributed by atoms with E-state index in [1.54, 1.807) is 18.3 Å². The Morgan fingerprint density at radius 2 is 1.94 bits per heavy atom. The molecule has 4 rings (SSSR count). The maximum absolute atomic E-state index is 13.4. The van der Waals surface area contributed by atoms with Gasteiger partial charge in [-0.15, -0.1) is 0 Å². The van der Waals surface area contributed by atoms with Gasteiger partial charge >= 0.3 is 0 Å². The summed E-state index contributed by atoms with van der Waals surface area (Å²) in [6.45, 7) is 8.05. The predicted molar refractivity (Wildman–Crippen MR) is 122 cm³/mol. The molecule has 2 heterocycles. The molecule has 2 aromatic carbocycles. The number of nitrogens with zero attached hydrogens (tertiary/aromatic N) is 3. The number of fused-ring (bicyclic) bond motifs is 1. The van der Waals surface area contributed by atoms with Gasteiger partial charge in [0.1, 0.15) is 29.6 Å². The van der Waals surface area contributed by atoms with Crippen LogP contribution in [0.3, 0.4) is 0 Å². The Morgan fingerprint density at radius 3 is 2.61 bits per heavy atom. The molecule has 31 heavy (non-hydrogen) atoms. The third-order valence-electron chi connectivity index (χ3n) is 5.72. The summed E-state index contributed by atoms with van der Waals surface area (Å²) in [5.74, 6) is 0.0911. The number of nitrogens with two attached hydrogens (primary N) is 1. The Hall–Kier alpha value is -3.58. The number of nitrogens with one attached hydrogen (secondary N) is 1. The molecule has 2 aliphatic rings. The lowest BCUT2D eigenvalue weighted by Crippen LogP contribution is -2.38. The summed E-state index contributed by atoms with van der Waals surface area (Å²) in [6.07, 6.45) is 0.882. The van der Waals surface area contributed by atoms with Crippen molar-refractivity contribution in [2.45, 2.75) is 26.1 Å². The highest BCUT2D eigenvalue weighted by Crippen LogP contribution is 2.39. The number of hydrogen-bond donors (Lipinski definition) is 3. The molecular weight excluding hydrogens is 393 g/mol. The third-order valence-corrected chi connectivity index (χ3v) is 5.72. The van der Waals surface area contributed by atoms with Gasteiger partial charge in [-0.2, -0.15) is 0 Å². The second-order valence-electron chi connectivity index (χ2n) is 7.78. The average Bonchev–Trinajstić information content (AvgIpc) is 3.03. The molecule has 0 bridgehead atoms. The van der Waals surface area contributed by atoms with Crippen LogP contribution in [0.4, 0.5) is 10.1 Å². The lowest BCUT2D eigenvalue weighted by Gasteiger charge is -2.31. The molecule has 0 fully saturated rings. The zero-order valence-corrected chi connectivity index (χ0v) is 17.8. The first kappa shape index (κ1) is 20.7. The van der Waals surface area contributed by atoms with Crippen molar-refractivity contribution in [3.63, 3.8) is 0 Å². The molecule has 0 aliphatic carbocycles. The molecule has 0 amide bonds. The molecule has 0 aromatic heterocycles. The summed E-state index contributed by atoms with van der Waals surface area (Å²) >= 11 is 0. The number of benzene rings is 2. The monoisotopic (exact) mass is 419 g/mol. The molecule has 0 spiro atoms. The molecule has 2 unspecified atom stereocenters. The summed E-state index contributed by atoms with van der Waals surface area (Å²) in [6, 6.07) is 13.6. The topological polar surface area (TPSA) is 77.1 Å². The quantitative estimate of drug-likeness (QED) is 0.683. The SMILES string of the molecule is C=C(Nc1ccc(C2=C3C(N)=NC=C(C)N3C(C)N2C)cc1)C(O)c1cccc(F)c1. The maximum Gasteiger partial charge on any atom is 0.149 e. The molecular formula is C24H26FN5O. The van der Waals surface area contributed by atoms with Crippen LogP contribution in [0.2, 0.25) is 0 Å². The Bertz CT molecular complexity index is 1120. The molecule has 6 nitrogen and oxygen atoms in total. The van der Waals surface area contributed by atoms with Gasteiger partial charge < -0.3 is 26.0 Å². The van der Waals surface area contributed by atoms with Crippen molar-refractivity contribution in [1.82, 2.24) is 9.80 Å². The largest absolute Gasteiger partial charge is 0.382 e. The van der Waals surface area contributed by atoms with Crippen LogP contribution in [0.1, 0.15) is 31.1 Å². The van der Waals surface area contributed by atoms with Crippen LogP contribution in [0.25, 0.3) is 5.70 Å². The second kappa shape index (κ2) is 7.92. The van der Waals surface area contributed by atoms with Crippen molar-refractivity contribution in [1.29, 1.82) is 0 Å². The molecule has 4 N–H and O–H groups in total. The van der Waals surface area contributed by atoms with Crippen molar-refractivity contribution in [2.24, 2.45) is 10.7 Å². The minimum atomic E-state index is -1.02. The normalized spacial score (nSPS) is 19.1. The number of rotatable bonds is 5. The summed E-state index contributed by atoms with van der Waals surface area (Å²) in [5, 5.41) is 13.6. The Labute approximate surface area is 181 Å². The van der Waals surface area contributed by atoms with Gasteiger partial charge in [-0.1, -0.05) is 30.8 Å². The average molecular weight is 420 g/mol. The van der Waals surface area contributed by atoms with Crippen LogP contribution in [0.5, 0.6) is 0 Å². The van der Waals surface area contributed by atoms with Gasteiger partial charge in [0.15, 0.2) is 0 Å². The lowest BCUT2D eigenvalue weighted by atomic mass is 10.1.